The third-order valence-electron chi connectivity index (χ3n) is 6.21. The molecule has 8 nitrogen and oxygen atoms in total. The first-order valence-corrected chi connectivity index (χ1v) is 13.1. The number of esters is 2. The fraction of sp³-hybridized carbons (Fsp3) is 0.219. The molecule has 3 aromatic rings. The lowest BCUT2D eigenvalue weighted by Gasteiger charge is -2.22. The highest BCUT2D eigenvalue weighted by Crippen LogP contribution is 2.31. The lowest BCUT2D eigenvalue weighted by atomic mass is 10.0. The summed E-state index contributed by atoms with van der Waals surface area (Å²) in [4.78, 5) is 24.9. The maximum Gasteiger partial charge on any atom is 0.331 e. The van der Waals surface area contributed by atoms with Gasteiger partial charge in [0.05, 0.1) is 11.6 Å². The zero-order valence-corrected chi connectivity index (χ0v) is 22.1. The lowest BCUT2D eigenvalue weighted by Crippen LogP contribution is -2.23. The molecule has 0 amide bonds. The molecule has 1 heterocycles. The first-order chi connectivity index (χ1) is 19.6. The number of nitrogens with zero attached hydrogens (tertiary/aromatic N) is 4. The Labute approximate surface area is 233 Å². The largest absolute Gasteiger partial charge is 0.458 e. The number of carbonyl (C=O) groups is 2. The normalized spacial score (nSPS) is 13.5. The van der Waals surface area contributed by atoms with Crippen molar-refractivity contribution in [3.8, 4) is 6.07 Å². The van der Waals surface area contributed by atoms with Crippen LogP contribution in [0.5, 0.6) is 0 Å². The van der Waals surface area contributed by atoms with Crippen LogP contribution in [0.4, 0.5) is 5.69 Å². The fourth-order valence-electron chi connectivity index (χ4n) is 4.07. The predicted octanol–water partition coefficient (Wildman–Crippen LogP) is 6.56. The first-order valence-electron chi connectivity index (χ1n) is 13.1. The topological polar surface area (TPSA) is 104 Å². The van der Waals surface area contributed by atoms with Crippen LogP contribution in [-0.4, -0.2) is 30.0 Å². The van der Waals surface area contributed by atoms with Crippen molar-refractivity contribution in [2.24, 2.45) is 10.3 Å². The third kappa shape index (κ3) is 8.50. The number of ether oxygens (including phenoxy) is 2. The molecular weight excluding hydrogens is 504 g/mol. The third-order valence-corrected chi connectivity index (χ3v) is 6.21. The van der Waals surface area contributed by atoms with Crippen LogP contribution >= 0.6 is 0 Å². The second-order valence-electron chi connectivity index (χ2n) is 9.13. The summed E-state index contributed by atoms with van der Waals surface area (Å²) in [6, 6.07) is 24.2. The van der Waals surface area contributed by atoms with Crippen LogP contribution in [0.2, 0.25) is 0 Å². The molecule has 1 saturated heterocycles. The van der Waals surface area contributed by atoms with Crippen LogP contribution in [0.15, 0.2) is 95.3 Å². The number of hydrogen-bond donors (Lipinski definition) is 0. The number of nitriles is 1. The molecule has 202 valence electrons. The van der Waals surface area contributed by atoms with Crippen molar-refractivity contribution in [1.82, 2.24) is 5.01 Å². The Balaban J connectivity index is 1.56. The van der Waals surface area contributed by atoms with Gasteiger partial charge in [0.1, 0.15) is 18.9 Å². The molecule has 1 aliphatic rings. The minimum atomic E-state index is -0.558. The summed E-state index contributed by atoms with van der Waals surface area (Å²) in [5, 5.41) is 20.5. The summed E-state index contributed by atoms with van der Waals surface area (Å²) in [6.45, 7) is 1.85. The molecule has 0 aliphatic carbocycles. The van der Waals surface area contributed by atoms with E-state index in [2.05, 4.69) is 16.4 Å². The van der Waals surface area contributed by atoms with Crippen LogP contribution in [0.25, 0.3) is 12.2 Å². The minimum absolute atomic E-state index is 0.129. The van der Waals surface area contributed by atoms with E-state index in [-0.39, 0.29) is 13.2 Å². The zero-order valence-electron chi connectivity index (χ0n) is 22.1. The molecule has 1 fully saturated rings. The summed E-state index contributed by atoms with van der Waals surface area (Å²) in [5.74, 6) is -1.08. The summed E-state index contributed by atoms with van der Waals surface area (Å²) in [5.41, 5.74) is 3.37. The van der Waals surface area contributed by atoms with Crippen molar-refractivity contribution < 1.29 is 19.1 Å². The summed E-state index contributed by atoms with van der Waals surface area (Å²) < 4.78 is 10.7. The van der Waals surface area contributed by atoms with E-state index in [1.165, 1.54) is 18.2 Å². The molecule has 1 aliphatic heterocycles. The molecule has 0 spiro atoms. The van der Waals surface area contributed by atoms with Gasteiger partial charge in [-0.1, -0.05) is 72.0 Å². The summed E-state index contributed by atoms with van der Waals surface area (Å²) in [6.07, 6.45) is 8.85. The number of piperidine rings is 1. The van der Waals surface area contributed by atoms with Gasteiger partial charge < -0.3 is 9.47 Å². The lowest BCUT2D eigenvalue weighted by molar-refractivity contribution is -0.139. The monoisotopic (exact) mass is 534 g/mol. The van der Waals surface area contributed by atoms with Crippen LogP contribution in [0, 0.1) is 11.3 Å². The van der Waals surface area contributed by atoms with E-state index in [0.29, 0.717) is 22.4 Å². The van der Waals surface area contributed by atoms with Crippen molar-refractivity contribution in [2.75, 3.05) is 13.1 Å². The molecule has 0 bridgehead atoms. The van der Waals surface area contributed by atoms with E-state index in [0.717, 1.165) is 43.5 Å². The van der Waals surface area contributed by atoms with Gasteiger partial charge in [-0.2, -0.15) is 5.26 Å². The second-order valence-corrected chi connectivity index (χ2v) is 9.13. The van der Waals surface area contributed by atoms with E-state index in [9.17, 15) is 14.9 Å². The molecule has 0 radical (unpaired) electrons. The highest BCUT2D eigenvalue weighted by molar-refractivity contribution is 5.92. The van der Waals surface area contributed by atoms with Crippen LogP contribution in [-0.2, 0) is 32.3 Å². The van der Waals surface area contributed by atoms with E-state index >= 15 is 0 Å². The molecule has 0 unspecified atom stereocenters. The predicted molar refractivity (Wildman–Crippen MR) is 152 cm³/mol. The van der Waals surface area contributed by atoms with E-state index in [1.807, 2.05) is 65.7 Å². The molecule has 3 aromatic carbocycles. The average Bonchev–Trinajstić information content (AvgIpc) is 3.01. The van der Waals surface area contributed by atoms with Gasteiger partial charge in [0.15, 0.2) is 0 Å². The van der Waals surface area contributed by atoms with Crippen LogP contribution in [0.3, 0.4) is 0 Å². The number of benzene rings is 3. The minimum Gasteiger partial charge on any atom is -0.458 e. The molecule has 0 aromatic heterocycles. The molecule has 8 heteroatoms. The van der Waals surface area contributed by atoms with E-state index in [4.69, 9.17) is 9.47 Å². The van der Waals surface area contributed by atoms with Gasteiger partial charge in [0, 0.05) is 36.4 Å². The van der Waals surface area contributed by atoms with Crippen molar-refractivity contribution >= 4 is 29.8 Å². The molecule has 4 rings (SSSR count). The van der Waals surface area contributed by atoms with Gasteiger partial charge in [0.25, 0.3) is 0 Å². The maximum absolute atomic E-state index is 12.5. The van der Waals surface area contributed by atoms with Gasteiger partial charge in [-0.25, -0.2) is 9.59 Å². The van der Waals surface area contributed by atoms with Crippen molar-refractivity contribution in [2.45, 2.75) is 32.5 Å². The Morgan fingerprint density at radius 2 is 1.38 bits per heavy atom. The SMILES string of the molecule is N#Cc1ccc(/C=C/C(=O)OCc2ccccc2)c(N=NN2CCCCC2)c1/C=C/C(=O)OCc1ccccc1. The zero-order chi connectivity index (χ0) is 28.0. The highest BCUT2D eigenvalue weighted by atomic mass is 16.5. The highest BCUT2D eigenvalue weighted by Gasteiger charge is 2.14. The number of carbonyl (C=O) groups excluding carboxylic acids is 2. The quantitative estimate of drug-likeness (QED) is 0.166. The van der Waals surface area contributed by atoms with Crippen molar-refractivity contribution in [3.63, 3.8) is 0 Å². The Morgan fingerprint density at radius 1 is 0.800 bits per heavy atom. The standard InChI is InChI=1S/C32H30N4O4/c33-22-28-15-14-27(16-18-30(37)39-23-25-10-4-1-5-11-25)32(34-35-36-20-8-3-9-21-36)29(28)17-19-31(38)40-24-26-12-6-2-7-13-26/h1-2,4-7,10-19H,3,8-9,20-21,23-24H2/b18-16+,19-17+,35-34?. The Hall–Kier alpha value is -5.03. The molecule has 40 heavy (non-hydrogen) atoms. The van der Waals surface area contributed by atoms with Gasteiger partial charge in [-0.3, -0.25) is 5.01 Å². The van der Waals surface area contributed by atoms with Gasteiger partial charge in [0.2, 0.25) is 0 Å². The smallest absolute Gasteiger partial charge is 0.331 e. The van der Waals surface area contributed by atoms with Gasteiger partial charge in [-0.05, 0) is 48.6 Å². The van der Waals surface area contributed by atoms with E-state index < -0.39 is 11.9 Å². The summed E-state index contributed by atoms with van der Waals surface area (Å²) in [7, 11) is 0. The fourth-order valence-corrected chi connectivity index (χ4v) is 4.07. The molecular formula is C32H30N4O4. The van der Waals surface area contributed by atoms with Crippen LogP contribution in [0.1, 0.15) is 47.1 Å². The van der Waals surface area contributed by atoms with Gasteiger partial charge >= 0.3 is 11.9 Å². The Bertz CT molecular complexity index is 1420. The first kappa shape index (κ1) is 28.0. The Morgan fingerprint density at radius 3 is 1.95 bits per heavy atom. The second kappa shape index (κ2) is 14.8. The Kier molecular flexibility index (Phi) is 10.3. The molecule has 0 saturated carbocycles. The number of hydrogen-bond acceptors (Lipinski definition) is 7. The van der Waals surface area contributed by atoms with Crippen LogP contribution < -0.4 is 0 Å². The molecule has 0 atom stereocenters. The van der Waals surface area contributed by atoms with Crippen molar-refractivity contribution in [3.05, 3.63) is 113 Å². The number of rotatable bonds is 10. The summed E-state index contributed by atoms with van der Waals surface area (Å²) >= 11 is 0. The molecule has 0 N–H and O–H groups in total. The van der Waals surface area contributed by atoms with Gasteiger partial charge in [-0.15, -0.1) is 5.11 Å². The average molecular weight is 535 g/mol. The van der Waals surface area contributed by atoms with Crippen molar-refractivity contribution in [1.29, 1.82) is 5.26 Å². The maximum atomic E-state index is 12.5. The van der Waals surface area contributed by atoms with E-state index in [1.54, 1.807) is 18.2 Å².